The SMILES string of the molecule is BrCCCCSc1nc2ccccc2s1. The van der Waals surface area contributed by atoms with Crippen molar-refractivity contribution in [2.24, 2.45) is 0 Å². The van der Waals surface area contributed by atoms with Crippen LogP contribution in [0, 0.1) is 0 Å². The second kappa shape index (κ2) is 5.87. The molecule has 4 heteroatoms. The van der Waals surface area contributed by atoms with Gasteiger partial charge in [0.2, 0.25) is 0 Å². The minimum atomic E-state index is 1.10. The van der Waals surface area contributed by atoms with E-state index in [1.165, 1.54) is 27.6 Å². The third-order valence-electron chi connectivity index (χ3n) is 2.03. The number of benzene rings is 1. The summed E-state index contributed by atoms with van der Waals surface area (Å²) in [6.07, 6.45) is 2.50. The number of aromatic nitrogens is 1. The molecule has 0 amide bonds. The summed E-state index contributed by atoms with van der Waals surface area (Å²) in [5.41, 5.74) is 1.13. The fraction of sp³-hybridized carbons (Fsp3) is 0.364. The molecule has 0 unspecified atom stereocenters. The molecule has 80 valence electrons. The first-order valence-electron chi connectivity index (χ1n) is 4.94. The summed E-state index contributed by atoms with van der Waals surface area (Å²) in [5.74, 6) is 1.17. The summed E-state index contributed by atoms with van der Waals surface area (Å²) < 4.78 is 2.49. The van der Waals surface area contributed by atoms with Gasteiger partial charge in [-0.1, -0.05) is 39.8 Å². The quantitative estimate of drug-likeness (QED) is 0.456. The second-order valence-corrected chi connectivity index (χ2v) is 6.36. The molecule has 1 heterocycles. The molecule has 0 fully saturated rings. The zero-order chi connectivity index (χ0) is 10.5. The van der Waals surface area contributed by atoms with Crippen molar-refractivity contribution < 1.29 is 0 Å². The van der Waals surface area contributed by atoms with Crippen LogP contribution in [0.3, 0.4) is 0 Å². The number of thioether (sulfide) groups is 1. The van der Waals surface area contributed by atoms with Gasteiger partial charge in [-0.3, -0.25) is 0 Å². The van der Waals surface area contributed by atoms with Crippen LogP contribution in [0.25, 0.3) is 10.2 Å². The van der Waals surface area contributed by atoms with Gasteiger partial charge in [0.1, 0.15) is 0 Å². The average molecular weight is 302 g/mol. The number of nitrogens with zero attached hydrogens (tertiary/aromatic N) is 1. The van der Waals surface area contributed by atoms with Crippen LogP contribution in [0.4, 0.5) is 0 Å². The maximum absolute atomic E-state index is 4.58. The maximum Gasteiger partial charge on any atom is 0.151 e. The summed E-state index contributed by atoms with van der Waals surface area (Å²) in [7, 11) is 0. The molecule has 0 saturated carbocycles. The monoisotopic (exact) mass is 301 g/mol. The number of unbranched alkanes of at least 4 members (excludes halogenated alkanes) is 1. The van der Waals surface area contributed by atoms with Crippen molar-refractivity contribution in [1.29, 1.82) is 0 Å². The number of hydrogen-bond acceptors (Lipinski definition) is 3. The topological polar surface area (TPSA) is 12.9 Å². The molecule has 1 aromatic carbocycles. The number of alkyl halides is 1. The molecule has 15 heavy (non-hydrogen) atoms. The van der Waals surface area contributed by atoms with Crippen molar-refractivity contribution in [2.75, 3.05) is 11.1 Å². The van der Waals surface area contributed by atoms with Crippen molar-refractivity contribution in [2.45, 2.75) is 17.2 Å². The molecule has 0 saturated heterocycles. The highest BCUT2D eigenvalue weighted by Crippen LogP contribution is 2.29. The number of rotatable bonds is 5. The Bertz CT molecular complexity index is 394. The molecule has 0 radical (unpaired) electrons. The normalized spacial score (nSPS) is 11.0. The lowest BCUT2D eigenvalue weighted by Crippen LogP contribution is -1.80. The molecule has 1 nitrogen and oxygen atoms in total. The Labute approximate surface area is 106 Å². The number of hydrogen-bond donors (Lipinski definition) is 0. The van der Waals surface area contributed by atoms with E-state index in [-0.39, 0.29) is 0 Å². The van der Waals surface area contributed by atoms with Gasteiger partial charge < -0.3 is 0 Å². The largest absolute Gasteiger partial charge is 0.230 e. The van der Waals surface area contributed by atoms with Gasteiger partial charge in [-0.15, -0.1) is 11.3 Å². The van der Waals surface area contributed by atoms with E-state index in [2.05, 4.69) is 39.1 Å². The highest BCUT2D eigenvalue weighted by Gasteiger charge is 2.02. The predicted molar refractivity (Wildman–Crippen MR) is 73.4 cm³/mol. The van der Waals surface area contributed by atoms with Gasteiger partial charge in [0.05, 0.1) is 10.2 Å². The molecule has 0 aliphatic heterocycles. The first-order valence-corrected chi connectivity index (χ1v) is 7.87. The van der Waals surface area contributed by atoms with Crippen LogP contribution >= 0.6 is 39.0 Å². The molecular weight excluding hydrogens is 290 g/mol. The molecule has 0 aliphatic carbocycles. The third-order valence-corrected chi connectivity index (χ3v) is 4.85. The Hall–Kier alpha value is -0.0600. The van der Waals surface area contributed by atoms with Crippen molar-refractivity contribution in [3.63, 3.8) is 0 Å². The zero-order valence-electron chi connectivity index (χ0n) is 8.28. The fourth-order valence-corrected chi connectivity index (χ4v) is 3.80. The second-order valence-electron chi connectivity index (χ2n) is 3.19. The summed E-state index contributed by atoms with van der Waals surface area (Å²) in [5, 5.41) is 1.10. The van der Waals surface area contributed by atoms with E-state index in [0.29, 0.717) is 0 Å². The van der Waals surface area contributed by atoms with Crippen LogP contribution in [-0.2, 0) is 0 Å². The lowest BCUT2D eigenvalue weighted by atomic mass is 10.3. The van der Waals surface area contributed by atoms with Gasteiger partial charge in [0.25, 0.3) is 0 Å². The summed E-state index contributed by atoms with van der Waals surface area (Å²) >= 11 is 7.11. The van der Waals surface area contributed by atoms with Crippen molar-refractivity contribution >= 4 is 49.2 Å². The first-order chi connectivity index (χ1) is 7.40. The smallest absolute Gasteiger partial charge is 0.151 e. The summed E-state index contributed by atoms with van der Waals surface area (Å²) in [6.45, 7) is 0. The van der Waals surface area contributed by atoms with E-state index in [0.717, 1.165) is 10.8 Å². The number of fused-ring (bicyclic) bond motifs is 1. The first kappa shape index (κ1) is 11.4. The zero-order valence-corrected chi connectivity index (χ0v) is 11.5. The average Bonchev–Trinajstić information content (AvgIpc) is 2.67. The van der Waals surface area contributed by atoms with Crippen molar-refractivity contribution in [1.82, 2.24) is 4.98 Å². The Morgan fingerprint density at radius 2 is 2.13 bits per heavy atom. The maximum atomic E-state index is 4.58. The van der Waals surface area contributed by atoms with Gasteiger partial charge in [0, 0.05) is 11.1 Å². The molecule has 1 aromatic heterocycles. The molecule has 2 rings (SSSR count). The summed E-state index contributed by atoms with van der Waals surface area (Å²) in [4.78, 5) is 4.58. The molecule has 0 aliphatic rings. The van der Waals surface area contributed by atoms with E-state index < -0.39 is 0 Å². The van der Waals surface area contributed by atoms with Crippen LogP contribution in [0.1, 0.15) is 12.8 Å². The van der Waals surface area contributed by atoms with E-state index in [4.69, 9.17) is 0 Å². The predicted octanol–water partition coefficient (Wildman–Crippen LogP) is 4.56. The minimum Gasteiger partial charge on any atom is -0.230 e. The molecule has 2 aromatic rings. The molecular formula is C11H12BrNS2. The standard InChI is InChI=1S/C11H12BrNS2/c12-7-3-4-8-14-11-13-9-5-1-2-6-10(9)15-11/h1-2,5-6H,3-4,7-8H2. The van der Waals surface area contributed by atoms with E-state index in [1.54, 1.807) is 11.3 Å². The lowest BCUT2D eigenvalue weighted by molar-refractivity contribution is 0.912. The van der Waals surface area contributed by atoms with Gasteiger partial charge in [-0.05, 0) is 25.0 Å². The van der Waals surface area contributed by atoms with E-state index >= 15 is 0 Å². The van der Waals surface area contributed by atoms with Crippen LogP contribution in [0.15, 0.2) is 28.6 Å². The Kier molecular flexibility index (Phi) is 4.47. The van der Waals surface area contributed by atoms with Crippen molar-refractivity contribution in [3.05, 3.63) is 24.3 Å². The molecule has 0 bridgehead atoms. The van der Waals surface area contributed by atoms with Crippen LogP contribution in [-0.4, -0.2) is 16.1 Å². The summed E-state index contributed by atoms with van der Waals surface area (Å²) in [6, 6.07) is 8.32. The van der Waals surface area contributed by atoms with Crippen LogP contribution in [0.2, 0.25) is 0 Å². The van der Waals surface area contributed by atoms with Crippen LogP contribution < -0.4 is 0 Å². The number of halogens is 1. The van der Waals surface area contributed by atoms with Gasteiger partial charge in [-0.25, -0.2) is 4.98 Å². The lowest BCUT2D eigenvalue weighted by Gasteiger charge is -1.94. The van der Waals surface area contributed by atoms with E-state index in [1.807, 2.05) is 17.8 Å². The third kappa shape index (κ3) is 3.20. The molecule has 0 atom stereocenters. The van der Waals surface area contributed by atoms with Crippen molar-refractivity contribution in [3.8, 4) is 0 Å². The van der Waals surface area contributed by atoms with Gasteiger partial charge in [0.15, 0.2) is 4.34 Å². The Balaban J connectivity index is 1.97. The highest BCUT2D eigenvalue weighted by molar-refractivity contribution is 9.09. The van der Waals surface area contributed by atoms with E-state index in [9.17, 15) is 0 Å². The van der Waals surface area contributed by atoms with Crippen LogP contribution in [0.5, 0.6) is 0 Å². The molecule has 0 spiro atoms. The molecule has 0 N–H and O–H groups in total. The Morgan fingerprint density at radius 3 is 2.93 bits per heavy atom. The number of para-hydroxylation sites is 1. The minimum absolute atomic E-state index is 1.10. The number of thiazole rings is 1. The fourth-order valence-electron chi connectivity index (χ4n) is 1.27. The Morgan fingerprint density at radius 1 is 1.27 bits per heavy atom. The van der Waals surface area contributed by atoms with Gasteiger partial charge >= 0.3 is 0 Å². The van der Waals surface area contributed by atoms with Gasteiger partial charge in [-0.2, -0.15) is 0 Å². The highest BCUT2D eigenvalue weighted by atomic mass is 79.9.